The fraction of sp³-hybridized carbons (Fsp3) is 0.0870. The highest BCUT2D eigenvalue weighted by Crippen LogP contribution is 2.29. The van der Waals surface area contributed by atoms with Crippen LogP contribution in [0.2, 0.25) is 0 Å². The number of benzene rings is 3. The number of hydrogen-bond acceptors (Lipinski definition) is 3. The Bertz CT molecular complexity index is 1220. The first-order valence-electron chi connectivity index (χ1n) is 9.14. The highest BCUT2D eigenvalue weighted by Gasteiger charge is 2.12. The van der Waals surface area contributed by atoms with Gasteiger partial charge < -0.3 is 19.1 Å². The lowest BCUT2D eigenvalue weighted by atomic mass is 10.2. The summed E-state index contributed by atoms with van der Waals surface area (Å²) < 4.78 is 39.5. The van der Waals surface area contributed by atoms with Gasteiger partial charge in [0.2, 0.25) is 0 Å². The van der Waals surface area contributed by atoms with Crippen LogP contribution >= 0.6 is 0 Å². The molecule has 1 aromatic heterocycles. The molecule has 0 amide bonds. The van der Waals surface area contributed by atoms with Gasteiger partial charge in [0.05, 0.1) is 12.1 Å². The van der Waals surface area contributed by atoms with Crippen molar-refractivity contribution in [1.82, 2.24) is 4.57 Å². The molecule has 0 fully saturated rings. The Hall–Kier alpha value is -3.87. The second kappa shape index (κ2) is 8.24. The van der Waals surface area contributed by atoms with Gasteiger partial charge >= 0.3 is 6.16 Å². The monoisotopic (exact) mass is 409 g/mol. The Morgan fingerprint density at radius 1 is 0.933 bits per heavy atom. The molecule has 30 heavy (non-hydrogen) atoms. The molecule has 7 heteroatoms. The van der Waals surface area contributed by atoms with E-state index in [-0.39, 0.29) is 17.9 Å². The summed E-state index contributed by atoms with van der Waals surface area (Å²) in [5.74, 6) is -0.465. The molecule has 4 rings (SSSR count). The van der Waals surface area contributed by atoms with E-state index in [1.165, 1.54) is 12.1 Å². The minimum absolute atomic E-state index is 0.0356. The third kappa shape index (κ3) is 4.10. The summed E-state index contributed by atoms with van der Waals surface area (Å²) in [7, 11) is 0. The summed E-state index contributed by atoms with van der Waals surface area (Å²) in [6.07, 6.45) is 0.456. The summed E-state index contributed by atoms with van der Waals surface area (Å²) in [6.45, 7) is 0.411. The maximum Gasteiger partial charge on any atom is 0.511 e. The lowest BCUT2D eigenvalue weighted by Crippen LogP contribution is -2.05. The molecule has 0 saturated heterocycles. The lowest BCUT2D eigenvalue weighted by molar-refractivity contribution is 0.145. The van der Waals surface area contributed by atoms with E-state index < -0.39 is 17.8 Å². The standard InChI is InChI=1S/C23H17F2NO4/c24-17-9-8-16(19(25)12-17)14-29-21-6-2-1-4-15(21)13-26-11-10-18-20(26)5-3-7-22(18)30-23(27)28/h1-12H,13-14H2,(H,27,28). The van der Waals surface area contributed by atoms with Gasteiger partial charge in [0.15, 0.2) is 0 Å². The van der Waals surface area contributed by atoms with Crippen LogP contribution in [0.4, 0.5) is 13.6 Å². The molecule has 3 aromatic carbocycles. The van der Waals surface area contributed by atoms with Crippen molar-refractivity contribution in [2.24, 2.45) is 0 Å². The number of nitrogens with zero attached hydrogens (tertiary/aromatic N) is 1. The molecule has 1 N–H and O–H groups in total. The summed E-state index contributed by atoms with van der Waals surface area (Å²) in [5.41, 5.74) is 1.91. The van der Waals surface area contributed by atoms with Gasteiger partial charge in [-0.3, -0.25) is 0 Å². The number of rotatable bonds is 6. The zero-order chi connectivity index (χ0) is 21.1. The van der Waals surface area contributed by atoms with Crippen LogP contribution in [0.25, 0.3) is 10.9 Å². The molecule has 5 nitrogen and oxygen atoms in total. The van der Waals surface area contributed by atoms with Crippen molar-refractivity contribution in [3.63, 3.8) is 0 Å². The number of para-hydroxylation sites is 1. The molecule has 0 aliphatic rings. The number of fused-ring (bicyclic) bond motifs is 1. The lowest BCUT2D eigenvalue weighted by Gasteiger charge is -2.13. The smallest absolute Gasteiger partial charge is 0.488 e. The summed E-state index contributed by atoms with van der Waals surface area (Å²) in [4.78, 5) is 10.9. The fourth-order valence-electron chi connectivity index (χ4n) is 3.27. The highest BCUT2D eigenvalue weighted by atomic mass is 19.1. The summed E-state index contributed by atoms with van der Waals surface area (Å²) in [6, 6.07) is 17.7. The molecular weight excluding hydrogens is 392 g/mol. The second-order valence-electron chi connectivity index (χ2n) is 6.63. The van der Waals surface area contributed by atoms with Gasteiger partial charge in [-0.25, -0.2) is 13.6 Å². The van der Waals surface area contributed by atoms with Crippen LogP contribution in [0.15, 0.2) is 72.9 Å². The molecule has 152 valence electrons. The van der Waals surface area contributed by atoms with E-state index in [9.17, 15) is 13.6 Å². The van der Waals surface area contributed by atoms with Crippen molar-refractivity contribution in [3.05, 3.63) is 95.7 Å². The van der Waals surface area contributed by atoms with Crippen molar-refractivity contribution in [3.8, 4) is 11.5 Å². The quantitative estimate of drug-likeness (QED) is 0.332. The Balaban J connectivity index is 1.58. The van der Waals surface area contributed by atoms with Crippen molar-refractivity contribution in [2.45, 2.75) is 13.2 Å². The molecule has 0 spiro atoms. The number of hydrogen-bond donors (Lipinski definition) is 1. The van der Waals surface area contributed by atoms with Gasteiger partial charge in [-0.05, 0) is 36.4 Å². The van der Waals surface area contributed by atoms with Gasteiger partial charge in [-0.2, -0.15) is 0 Å². The van der Waals surface area contributed by atoms with Crippen LogP contribution < -0.4 is 9.47 Å². The third-order valence-electron chi connectivity index (χ3n) is 4.68. The van der Waals surface area contributed by atoms with E-state index in [0.29, 0.717) is 17.7 Å². The Labute approximate surface area is 170 Å². The first-order valence-corrected chi connectivity index (χ1v) is 9.14. The van der Waals surface area contributed by atoms with E-state index in [4.69, 9.17) is 14.6 Å². The normalized spacial score (nSPS) is 10.9. The zero-order valence-corrected chi connectivity index (χ0v) is 15.7. The van der Waals surface area contributed by atoms with Crippen LogP contribution in [-0.4, -0.2) is 15.8 Å². The van der Waals surface area contributed by atoms with Crippen LogP contribution in [0.5, 0.6) is 11.5 Å². The van der Waals surface area contributed by atoms with Crippen molar-refractivity contribution in [1.29, 1.82) is 0 Å². The Morgan fingerprint density at radius 2 is 1.73 bits per heavy atom. The first kappa shape index (κ1) is 19.4. The second-order valence-corrected chi connectivity index (χ2v) is 6.63. The molecule has 0 unspecified atom stereocenters. The molecule has 0 aliphatic heterocycles. The topological polar surface area (TPSA) is 60.7 Å². The summed E-state index contributed by atoms with van der Waals surface area (Å²) in [5, 5.41) is 9.57. The van der Waals surface area contributed by atoms with E-state index in [1.807, 2.05) is 35.0 Å². The largest absolute Gasteiger partial charge is 0.511 e. The number of ether oxygens (including phenoxy) is 2. The molecule has 0 aliphatic carbocycles. The Morgan fingerprint density at radius 3 is 2.53 bits per heavy atom. The van der Waals surface area contributed by atoms with Crippen LogP contribution in [0.3, 0.4) is 0 Å². The minimum atomic E-state index is -1.37. The van der Waals surface area contributed by atoms with Gasteiger partial charge in [0, 0.05) is 28.8 Å². The van der Waals surface area contributed by atoms with Crippen molar-refractivity contribution >= 4 is 17.1 Å². The number of halogens is 2. The van der Waals surface area contributed by atoms with Crippen LogP contribution in [-0.2, 0) is 13.2 Å². The minimum Gasteiger partial charge on any atom is -0.488 e. The average molecular weight is 409 g/mol. The number of carboxylic acid groups (broad SMARTS) is 1. The molecule has 0 atom stereocenters. The fourth-order valence-corrected chi connectivity index (χ4v) is 3.27. The average Bonchev–Trinajstić information content (AvgIpc) is 3.12. The van der Waals surface area contributed by atoms with Crippen LogP contribution in [0, 0.1) is 11.6 Å². The van der Waals surface area contributed by atoms with Gasteiger partial charge in [0.1, 0.15) is 29.7 Å². The molecule has 1 heterocycles. The number of carbonyl (C=O) groups is 1. The van der Waals surface area contributed by atoms with Gasteiger partial charge in [-0.15, -0.1) is 0 Å². The maximum absolute atomic E-state index is 13.9. The van der Waals surface area contributed by atoms with E-state index in [0.717, 1.165) is 17.1 Å². The van der Waals surface area contributed by atoms with E-state index in [1.54, 1.807) is 24.3 Å². The maximum atomic E-state index is 13.9. The van der Waals surface area contributed by atoms with Crippen molar-refractivity contribution < 1.29 is 28.2 Å². The summed E-state index contributed by atoms with van der Waals surface area (Å²) >= 11 is 0. The van der Waals surface area contributed by atoms with Crippen molar-refractivity contribution in [2.75, 3.05) is 0 Å². The van der Waals surface area contributed by atoms with E-state index >= 15 is 0 Å². The third-order valence-corrected chi connectivity index (χ3v) is 4.68. The molecular formula is C23H17F2NO4. The molecule has 0 bridgehead atoms. The SMILES string of the molecule is O=C(O)Oc1cccc2c1ccn2Cc1ccccc1OCc1ccc(F)cc1F. The van der Waals surface area contributed by atoms with Crippen LogP contribution in [0.1, 0.15) is 11.1 Å². The molecule has 0 saturated carbocycles. The highest BCUT2D eigenvalue weighted by molar-refractivity contribution is 5.88. The first-order chi connectivity index (χ1) is 14.5. The predicted molar refractivity (Wildman–Crippen MR) is 107 cm³/mol. The van der Waals surface area contributed by atoms with E-state index in [2.05, 4.69) is 0 Å². The zero-order valence-electron chi connectivity index (χ0n) is 15.7. The van der Waals surface area contributed by atoms with Gasteiger partial charge in [-0.1, -0.05) is 24.3 Å². The molecule has 4 aromatic rings. The Kier molecular flexibility index (Phi) is 5.34. The predicted octanol–water partition coefficient (Wildman–Crippen LogP) is 5.60. The van der Waals surface area contributed by atoms with Gasteiger partial charge in [0.25, 0.3) is 0 Å². The number of aromatic nitrogens is 1. The molecule has 0 radical (unpaired) electrons.